The molecule has 0 aliphatic carbocycles. The Morgan fingerprint density at radius 1 is 1.47 bits per heavy atom. The number of rotatable bonds is 4. The molecule has 0 aliphatic heterocycles. The number of alkyl halides is 3. The number of allylic oxidation sites excluding steroid dienone is 1. The van der Waals surface area contributed by atoms with E-state index in [-0.39, 0.29) is 6.54 Å². The van der Waals surface area contributed by atoms with E-state index in [9.17, 15) is 18.0 Å². The molecule has 0 bridgehead atoms. The maximum absolute atomic E-state index is 12.3. The molecule has 0 aromatic heterocycles. The number of carbonyl (C=O) groups is 1. The third-order valence-electron chi connectivity index (χ3n) is 1.89. The van der Waals surface area contributed by atoms with Crippen LogP contribution in [0.25, 0.3) is 0 Å². The van der Waals surface area contributed by atoms with Gasteiger partial charge in [0.2, 0.25) is 5.91 Å². The van der Waals surface area contributed by atoms with Gasteiger partial charge in [0.15, 0.2) is 5.54 Å². The maximum Gasteiger partial charge on any atom is 0.415 e. The van der Waals surface area contributed by atoms with E-state index in [4.69, 9.17) is 5.73 Å². The lowest BCUT2D eigenvalue weighted by Crippen LogP contribution is -2.61. The molecular weight excluding hydrogens is 209 g/mol. The van der Waals surface area contributed by atoms with Crippen LogP contribution in [0.15, 0.2) is 12.2 Å². The summed E-state index contributed by atoms with van der Waals surface area (Å²) in [7, 11) is 0. The zero-order valence-corrected chi connectivity index (χ0v) is 8.69. The Hall–Kier alpha value is -1.04. The van der Waals surface area contributed by atoms with Crippen molar-refractivity contribution in [3.05, 3.63) is 12.2 Å². The van der Waals surface area contributed by atoms with Crippen molar-refractivity contribution >= 4 is 5.91 Å². The molecule has 0 aromatic carbocycles. The van der Waals surface area contributed by atoms with Crippen molar-refractivity contribution < 1.29 is 18.0 Å². The fourth-order valence-corrected chi connectivity index (χ4v) is 0.748. The van der Waals surface area contributed by atoms with E-state index in [1.807, 2.05) is 0 Å². The van der Waals surface area contributed by atoms with Crippen molar-refractivity contribution in [3.8, 4) is 0 Å². The topological polar surface area (TPSA) is 55.1 Å². The van der Waals surface area contributed by atoms with Crippen molar-refractivity contribution in [2.75, 3.05) is 6.54 Å². The number of nitrogens with one attached hydrogen (secondary N) is 1. The third kappa shape index (κ3) is 3.91. The van der Waals surface area contributed by atoms with Gasteiger partial charge in [-0.05, 0) is 20.3 Å². The van der Waals surface area contributed by atoms with Gasteiger partial charge in [-0.3, -0.25) is 4.79 Å². The molecule has 88 valence electrons. The molecule has 0 rings (SSSR count). The van der Waals surface area contributed by atoms with Crippen LogP contribution in [0, 0.1) is 0 Å². The van der Waals surface area contributed by atoms with Crippen LogP contribution in [0.1, 0.15) is 20.3 Å². The van der Waals surface area contributed by atoms with E-state index in [0.29, 0.717) is 13.3 Å². The van der Waals surface area contributed by atoms with Crippen LogP contribution in [-0.4, -0.2) is 24.2 Å². The summed E-state index contributed by atoms with van der Waals surface area (Å²) in [5, 5.41) is 2.13. The Morgan fingerprint density at radius 3 is 2.40 bits per heavy atom. The Bertz CT molecular complexity index is 246. The van der Waals surface area contributed by atoms with Crippen molar-refractivity contribution in [3.63, 3.8) is 0 Å². The highest BCUT2D eigenvalue weighted by Gasteiger charge is 2.53. The van der Waals surface area contributed by atoms with Crippen LogP contribution < -0.4 is 11.1 Å². The monoisotopic (exact) mass is 224 g/mol. The van der Waals surface area contributed by atoms with Gasteiger partial charge in [0.05, 0.1) is 0 Å². The Morgan fingerprint density at radius 2 is 2.00 bits per heavy atom. The van der Waals surface area contributed by atoms with E-state index in [0.717, 1.165) is 0 Å². The van der Waals surface area contributed by atoms with Crippen LogP contribution in [-0.2, 0) is 4.79 Å². The Kier molecular flexibility index (Phi) is 4.80. The number of hydrogen-bond acceptors (Lipinski definition) is 2. The minimum Gasteiger partial charge on any atom is -0.354 e. The molecule has 0 saturated heterocycles. The molecule has 0 aromatic rings. The van der Waals surface area contributed by atoms with Gasteiger partial charge in [-0.1, -0.05) is 12.2 Å². The summed E-state index contributed by atoms with van der Waals surface area (Å²) in [4.78, 5) is 11.1. The van der Waals surface area contributed by atoms with E-state index < -0.39 is 17.6 Å². The second-order valence-electron chi connectivity index (χ2n) is 3.31. The first-order chi connectivity index (χ1) is 6.73. The molecule has 0 heterocycles. The van der Waals surface area contributed by atoms with Gasteiger partial charge in [-0.2, -0.15) is 13.2 Å². The van der Waals surface area contributed by atoms with Crippen molar-refractivity contribution in [2.45, 2.75) is 32.0 Å². The highest BCUT2D eigenvalue weighted by atomic mass is 19.4. The van der Waals surface area contributed by atoms with Crippen molar-refractivity contribution in [1.82, 2.24) is 5.32 Å². The first-order valence-corrected chi connectivity index (χ1v) is 4.48. The molecule has 0 radical (unpaired) electrons. The van der Waals surface area contributed by atoms with Crippen LogP contribution in [0.3, 0.4) is 0 Å². The standard InChI is InChI=1S/C9H15F3N2O/c1-3-4-5-6-14-7(15)8(2,13)9(10,11)12/h3-4H,5-6,13H2,1-2H3,(H,14,15)/b4-3+. The van der Waals surface area contributed by atoms with Gasteiger partial charge in [-0.15, -0.1) is 0 Å². The fraction of sp³-hybridized carbons (Fsp3) is 0.667. The third-order valence-corrected chi connectivity index (χ3v) is 1.89. The second-order valence-corrected chi connectivity index (χ2v) is 3.31. The van der Waals surface area contributed by atoms with Crippen molar-refractivity contribution in [2.24, 2.45) is 5.73 Å². The van der Waals surface area contributed by atoms with E-state index >= 15 is 0 Å². The van der Waals surface area contributed by atoms with E-state index in [2.05, 4.69) is 5.32 Å². The minimum atomic E-state index is -4.74. The summed E-state index contributed by atoms with van der Waals surface area (Å²) in [6.07, 6.45) is -0.771. The van der Waals surface area contributed by atoms with Crippen LogP contribution in [0.2, 0.25) is 0 Å². The van der Waals surface area contributed by atoms with E-state index in [1.54, 1.807) is 19.1 Å². The summed E-state index contributed by atoms with van der Waals surface area (Å²) in [5.41, 5.74) is 2.07. The van der Waals surface area contributed by atoms with Gasteiger partial charge in [0.1, 0.15) is 0 Å². The van der Waals surface area contributed by atoms with Crippen LogP contribution >= 0.6 is 0 Å². The molecule has 0 aliphatic rings. The average Bonchev–Trinajstić information content (AvgIpc) is 2.10. The maximum atomic E-state index is 12.3. The summed E-state index contributed by atoms with van der Waals surface area (Å²) < 4.78 is 36.8. The molecule has 1 atom stereocenters. The summed E-state index contributed by atoms with van der Waals surface area (Å²) in [6.45, 7) is 2.58. The highest BCUT2D eigenvalue weighted by Crippen LogP contribution is 2.27. The lowest BCUT2D eigenvalue weighted by Gasteiger charge is -2.25. The van der Waals surface area contributed by atoms with Crippen LogP contribution in [0.4, 0.5) is 13.2 Å². The smallest absolute Gasteiger partial charge is 0.354 e. The molecule has 3 N–H and O–H groups in total. The molecule has 0 fully saturated rings. The molecule has 1 amide bonds. The number of hydrogen-bond donors (Lipinski definition) is 2. The number of amides is 1. The molecule has 15 heavy (non-hydrogen) atoms. The first kappa shape index (κ1) is 14.0. The summed E-state index contributed by atoms with van der Waals surface area (Å²) >= 11 is 0. The molecule has 0 spiro atoms. The Labute approximate surface area is 86.5 Å². The quantitative estimate of drug-likeness (QED) is 0.559. The second kappa shape index (κ2) is 5.16. The molecule has 3 nitrogen and oxygen atoms in total. The SMILES string of the molecule is C/C=C/CCNC(=O)C(C)(N)C(F)(F)F. The number of carbonyl (C=O) groups excluding carboxylic acids is 1. The summed E-state index contributed by atoms with van der Waals surface area (Å²) in [6, 6.07) is 0. The zero-order chi connectivity index (χ0) is 12.1. The molecule has 1 unspecified atom stereocenters. The summed E-state index contributed by atoms with van der Waals surface area (Å²) in [5.74, 6) is -1.21. The van der Waals surface area contributed by atoms with Gasteiger partial charge < -0.3 is 11.1 Å². The largest absolute Gasteiger partial charge is 0.415 e. The van der Waals surface area contributed by atoms with Crippen LogP contribution in [0.5, 0.6) is 0 Å². The predicted molar refractivity (Wildman–Crippen MR) is 51.1 cm³/mol. The predicted octanol–water partition coefficient (Wildman–Crippen LogP) is 1.35. The highest BCUT2D eigenvalue weighted by molar-refractivity contribution is 5.86. The first-order valence-electron chi connectivity index (χ1n) is 4.48. The average molecular weight is 224 g/mol. The number of halogens is 3. The Balaban J connectivity index is 4.21. The molecular formula is C9H15F3N2O. The van der Waals surface area contributed by atoms with E-state index in [1.165, 1.54) is 0 Å². The van der Waals surface area contributed by atoms with Gasteiger partial charge >= 0.3 is 6.18 Å². The lowest BCUT2D eigenvalue weighted by molar-refractivity contribution is -0.187. The normalized spacial score (nSPS) is 16.4. The minimum absolute atomic E-state index is 0.145. The van der Waals surface area contributed by atoms with Gasteiger partial charge in [-0.25, -0.2) is 0 Å². The van der Waals surface area contributed by atoms with Crippen molar-refractivity contribution in [1.29, 1.82) is 0 Å². The van der Waals surface area contributed by atoms with Gasteiger partial charge in [0, 0.05) is 6.54 Å². The molecule has 6 heteroatoms. The number of nitrogens with two attached hydrogens (primary N) is 1. The fourth-order valence-electron chi connectivity index (χ4n) is 0.748. The van der Waals surface area contributed by atoms with Gasteiger partial charge in [0.25, 0.3) is 0 Å². The lowest BCUT2D eigenvalue weighted by atomic mass is 10.0. The molecule has 0 saturated carbocycles. The zero-order valence-electron chi connectivity index (χ0n) is 8.69.